The van der Waals surface area contributed by atoms with E-state index in [-0.39, 0.29) is 5.91 Å². The molecule has 1 aromatic heterocycles. The highest BCUT2D eigenvalue weighted by Crippen LogP contribution is 2.27. The summed E-state index contributed by atoms with van der Waals surface area (Å²) in [5.41, 5.74) is 3.48. The lowest BCUT2D eigenvalue weighted by Gasteiger charge is -2.41. The number of hydrogen-bond acceptors (Lipinski definition) is 8. The molecule has 45 heavy (non-hydrogen) atoms. The van der Waals surface area contributed by atoms with E-state index in [1.165, 1.54) is 12.1 Å². The lowest BCUT2D eigenvalue weighted by atomic mass is 9.94. The molecule has 1 fully saturated rings. The zero-order valence-corrected chi connectivity index (χ0v) is 27.4. The predicted molar refractivity (Wildman–Crippen MR) is 173 cm³/mol. The van der Waals surface area contributed by atoms with E-state index in [4.69, 9.17) is 9.47 Å². The van der Waals surface area contributed by atoms with Crippen LogP contribution in [0.1, 0.15) is 78.2 Å². The lowest BCUT2D eigenvalue weighted by Crippen LogP contribution is -2.65. The van der Waals surface area contributed by atoms with Crippen molar-refractivity contribution < 1.29 is 28.7 Å². The highest BCUT2D eigenvalue weighted by molar-refractivity contribution is 5.92. The summed E-state index contributed by atoms with van der Waals surface area (Å²) in [5.74, 6) is -2.21. The molecule has 3 amide bonds. The Morgan fingerprint density at radius 2 is 1.87 bits per heavy atom. The topological polar surface area (TPSA) is 139 Å². The van der Waals surface area contributed by atoms with Crippen molar-refractivity contribution in [3.63, 3.8) is 0 Å². The van der Waals surface area contributed by atoms with Crippen molar-refractivity contribution in [3.05, 3.63) is 60.5 Å². The van der Waals surface area contributed by atoms with E-state index in [9.17, 15) is 19.2 Å². The summed E-state index contributed by atoms with van der Waals surface area (Å²) in [4.78, 5) is 57.0. The summed E-state index contributed by atoms with van der Waals surface area (Å²) in [5, 5.41) is 8.77. The van der Waals surface area contributed by atoms with E-state index in [0.717, 1.165) is 22.0 Å². The zero-order valence-electron chi connectivity index (χ0n) is 27.4. The minimum atomic E-state index is -1.15. The molecule has 2 aromatic rings. The van der Waals surface area contributed by atoms with E-state index in [0.29, 0.717) is 25.8 Å². The number of allylic oxidation sites excluding steroid dienone is 1. The first-order valence-electron chi connectivity index (χ1n) is 15.5. The number of rotatable bonds is 13. The maximum Gasteiger partial charge on any atom is 0.328 e. The second kappa shape index (κ2) is 15.8. The fourth-order valence-electron chi connectivity index (χ4n) is 5.27. The monoisotopic (exact) mass is 621 g/mol. The number of pyridine rings is 1. The van der Waals surface area contributed by atoms with Gasteiger partial charge in [0, 0.05) is 25.2 Å². The number of fused-ring (bicyclic) bond motifs is 1. The van der Waals surface area contributed by atoms with Gasteiger partial charge in [-0.15, -0.1) is 0 Å². The molecule has 0 aliphatic carbocycles. The van der Waals surface area contributed by atoms with Crippen LogP contribution >= 0.6 is 0 Å². The standard InChI is InChI=1S/C34H47N5O6/c1-9-13-29(44-8)21(4)30(40)37-28(11-3)31(41)36-22(5)32(42)39-17-12-16-34(7,38-39)33(43)45-23(6)24-14-15-25-20-35-27(10-2)19-26(25)18-24/h9-10,13-15,18-23,28-29,38H,2,11-12,16-17H2,1,3-8H3,(H,36,41)(H,37,40)/b13-9+/t21-,22+,23-,28+,29?,34?/m1/s1. The van der Waals surface area contributed by atoms with Gasteiger partial charge in [0.2, 0.25) is 11.8 Å². The van der Waals surface area contributed by atoms with Gasteiger partial charge in [-0.3, -0.25) is 24.4 Å². The van der Waals surface area contributed by atoms with Crippen molar-refractivity contribution in [1.82, 2.24) is 26.1 Å². The third kappa shape index (κ3) is 8.76. The van der Waals surface area contributed by atoms with Gasteiger partial charge in [0.1, 0.15) is 23.7 Å². The van der Waals surface area contributed by atoms with Crippen molar-refractivity contribution >= 4 is 40.5 Å². The summed E-state index contributed by atoms with van der Waals surface area (Å²) >= 11 is 0. The van der Waals surface area contributed by atoms with Crippen LogP contribution in [0.25, 0.3) is 16.8 Å². The van der Waals surface area contributed by atoms with Crippen LogP contribution in [0.15, 0.2) is 49.2 Å². The van der Waals surface area contributed by atoms with Gasteiger partial charge < -0.3 is 20.1 Å². The molecule has 11 heteroatoms. The number of aromatic nitrogens is 1. The molecule has 3 rings (SSSR count). The zero-order chi connectivity index (χ0) is 33.3. The molecule has 0 spiro atoms. The van der Waals surface area contributed by atoms with Crippen LogP contribution in [-0.4, -0.2) is 71.1 Å². The van der Waals surface area contributed by atoms with Gasteiger partial charge in [-0.2, -0.15) is 0 Å². The number of nitrogens with zero attached hydrogens (tertiary/aromatic N) is 2. The van der Waals surface area contributed by atoms with Gasteiger partial charge >= 0.3 is 5.97 Å². The van der Waals surface area contributed by atoms with Crippen LogP contribution in [0.2, 0.25) is 0 Å². The van der Waals surface area contributed by atoms with Crippen molar-refractivity contribution in [2.24, 2.45) is 5.92 Å². The van der Waals surface area contributed by atoms with Crippen LogP contribution in [0.4, 0.5) is 0 Å². The fourth-order valence-corrected chi connectivity index (χ4v) is 5.27. The van der Waals surface area contributed by atoms with Gasteiger partial charge in [-0.05, 0) is 76.1 Å². The van der Waals surface area contributed by atoms with Gasteiger partial charge in [-0.1, -0.05) is 44.7 Å². The third-order valence-electron chi connectivity index (χ3n) is 8.22. The number of carbonyl (C=O) groups is 4. The van der Waals surface area contributed by atoms with Crippen LogP contribution in [-0.2, 0) is 28.7 Å². The summed E-state index contributed by atoms with van der Waals surface area (Å²) < 4.78 is 11.3. The Bertz CT molecular complexity index is 1430. The number of carbonyl (C=O) groups excluding carboxylic acids is 4. The number of hydrogen-bond donors (Lipinski definition) is 3. The minimum Gasteiger partial charge on any atom is -0.456 e. The number of benzene rings is 1. The Morgan fingerprint density at radius 3 is 2.51 bits per heavy atom. The van der Waals surface area contributed by atoms with E-state index in [2.05, 4.69) is 27.6 Å². The highest BCUT2D eigenvalue weighted by Gasteiger charge is 2.42. The Labute approximate surface area is 265 Å². The Kier molecular flexibility index (Phi) is 12.4. The molecule has 1 aromatic carbocycles. The summed E-state index contributed by atoms with van der Waals surface area (Å²) in [6.07, 6.45) is 7.43. The van der Waals surface area contributed by atoms with Gasteiger partial charge in [0.25, 0.3) is 5.91 Å². The van der Waals surface area contributed by atoms with Gasteiger partial charge in [-0.25, -0.2) is 10.2 Å². The smallest absolute Gasteiger partial charge is 0.328 e. The van der Waals surface area contributed by atoms with Crippen molar-refractivity contribution in [1.29, 1.82) is 0 Å². The average Bonchev–Trinajstić information content (AvgIpc) is 3.04. The number of methoxy groups -OCH3 is 1. The molecule has 11 nitrogen and oxygen atoms in total. The summed E-state index contributed by atoms with van der Waals surface area (Å²) in [6.45, 7) is 14.6. The molecule has 2 unspecified atom stereocenters. The third-order valence-corrected chi connectivity index (χ3v) is 8.22. The van der Waals surface area contributed by atoms with E-state index in [1.807, 2.05) is 31.2 Å². The molecule has 244 valence electrons. The Hall–Kier alpha value is -4.09. The average molecular weight is 622 g/mol. The molecule has 1 saturated heterocycles. The van der Waals surface area contributed by atoms with Crippen molar-refractivity contribution in [2.75, 3.05) is 13.7 Å². The van der Waals surface area contributed by atoms with Gasteiger partial charge in [0.15, 0.2) is 0 Å². The number of nitrogens with one attached hydrogen (secondary N) is 3. The SMILES string of the molecule is C=Cc1cc2cc([C@@H](C)OC(=O)C3(C)CCCN(C(=O)[C@H](C)NC(=O)[C@H](CC)NC(=O)[C@H](C)C(/C=C/C)OC)N3)ccc2cn1. The van der Waals surface area contributed by atoms with Crippen LogP contribution in [0, 0.1) is 5.92 Å². The predicted octanol–water partition coefficient (Wildman–Crippen LogP) is 3.99. The highest BCUT2D eigenvalue weighted by atomic mass is 16.5. The quantitative estimate of drug-likeness (QED) is 0.225. The van der Waals surface area contributed by atoms with Crippen LogP contribution in [0.3, 0.4) is 0 Å². The fraction of sp³-hybridized carbons (Fsp3) is 0.500. The largest absolute Gasteiger partial charge is 0.456 e. The molecular weight excluding hydrogens is 574 g/mol. The molecule has 3 N–H and O–H groups in total. The second-order valence-electron chi connectivity index (χ2n) is 11.7. The van der Waals surface area contributed by atoms with E-state index >= 15 is 0 Å². The summed E-state index contributed by atoms with van der Waals surface area (Å²) in [6, 6.07) is 5.98. The van der Waals surface area contributed by atoms with Crippen molar-refractivity contribution in [2.45, 2.75) is 90.6 Å². The van der Waals surface area contributed by atoms with Gasteiger partial charge in [0.05, 0.1) is 17.7 Å². The van der Waals surface area contributed by atoms with E-state index in [1.54, 1.807) is 59.0 Å². The minimum absolute atomic E-state index is 0.329. The first kappa shape index (κ1) is 35.4. The number of hydrazine groups is 1. The first-order valence-corrected chi connectivity index (χ1v) is 15.5. The van der Waals surface area contributed by atoms with Crippen molar-refractivity contribution in [3.8, 4) is 0 Å². The maximum absolute atomic E-state index is 13.4. The molecule has 2 heterocycles. The Balaban J connectivity index is 1.61. The second-order valence-corrected chi connectivity index (χ2v) is 11.7. The molecular formula is C34H47N5O6. The Morgan fingerprint density at radius 1 is 1.13 bits per heavy atom. The molecule has 1 aliphatic heterocycles. The van der Waals surface area contributed by atoms with Crippen LogP contribution in [0.5, 0.6) is 0 Å². The van der Waals surface area contributed by atoms with Crippen LogP contribution < -0.4 is 16.1 Å². The normalized spacial score (nSPS) is 20.1. The molecule has 6 atom stereocenters. The van der Waals surface area contributed by atoms with E-state index < -0.39 is 53.5 Å². The number of esters is 1. The lowest BCUT2D eigenvalue weighted by molar-refractivity contribution is -0.164. The molecule has 0 radical (unpaired) electrons. The molecule has 0 bridgehead atoms. The maximum atomic E-state index is 13.4. The first-order chi connectivity index (χ1) is 21.4. The molecule has 1 aliphatic rings. The molecule has 0 saturated carbocycles. The summed E-state index contributed by atoms with van der Waals surface area (Å²) in [7, 11) is 1.52. The number of amides is 3. The number of ether oxygens (including phenoxy) is 2.